The van der Waals surface area contributed by atoms with Crippen LogP contribution in [0.25, 0.3) is 0 Å². The van der Waals surface area contributed by atoms with Gasteiger partial charge in [0.2, 0.25) is 15.9 Å². The molecule has 1 fully saturated rings. The van der Waals surface area contributed by atoms with Gasteiger partial charge in [-0.25, -0.2) is 12.8 Å². The molecule has 138 valence electrons. The zero-order valence-electron chi connectivity index (χ0n) is 13.8. The zero-order valence-corrected chi connectivity index (χ0v) is 16.2. The molecule has 0 unspecified atom stereocenters. The number of nitrogens with zero attached hydrogens (tertiary/aromatic N) is 3. The maximum atomic E-state index is 13.3. The lowest BCUT2D eigenvalue weighted by Crippen LogP contribution is -2.50. The second kappa shape index (κ2) is 7.81. The number of carbonyl (C=O) groups excluding carboxylic acids is 1. The molecule has 0 N–H and O–H groups in total. The van der Waals surface area contributed by atoms with E-state index in [4.69, 9.17) is 0 Å². The van der Waals surface area contributed by atoms with Crippen LogP contribution in [0.3, 0.4) is 0 Å². The van der Waals surface area contributed by atoms with Crippen molar-refractivity contribution < 1.29 is 17.6 Å². The quantitative estimate of drug-likeness (QED) is 0.727. The van der Waals surface area contributed by atoms with Gasteiger partial charge in [0.05, 0.1) is 10.9 Å². The molecule has 1 saturated heterocycles. The van der Waals surface area contributed by atoms with Gasteiger partial charge in [-0.1, -0.05) is 6.07 Å². The lowest BCUT2D eigenvalue weighted by Gasteiger charge is -2.34. The monoisotopic (exact) mass is 441 g/mol. The average molecular weight is 442 g/mol. The molecule has 0 spiro atoms. The van der Waals surface area contributed by atoms with Crippen LogP contribution in [0.2, 0.25) is 0 Å². The lowest BCUT2D eigenvalue weighted by atomic mass is 10.1. The second-order valence-corrected chi connectivity index (χ2v) is 8.69. The minimum Gasteiger partial charge on any atom is -0.340 e. The second-order valence-electron chi connectivity index (χ2n) is 5.90. The Kier molecular flexibility index (Phi) is 5.69. The van der Waals surface area contributed by atoms with E-state index in [9.17, 15) is 17.6 Å². The number of piperazine rings is 1. The third kappa shape index (κ3) is 4.11. The maximum absolute atomic E-state index is 13.3. The summed E-state index contributed by atoms with van der Waals surface area (Å²) in [5, 5.41) is 0. The summed E-state index contributed by atoms with van der Waals surface area (Å²) in [5.74, 6) is -0.489. The molecule has 1 aromatic heterocycles. The van der Waals surface area contributed by atoms with Crippen LogP contribution in [0.1, 0.15) is 5.56 Å². The normalized spacial score (nSPS) is 15.8. The summed E-state index contributed by atoms with van der Waals surface area (Å²) >= 11 is 3.11. The average Bonchev–Trinajstić information content (AvgIpc) is 2.65. The maximum Gasteiger partial charge on any atom is 0.244 e. The number of carbonyl (C=O) groups is 1. The number of amides is 1. The van der Waals surface area contributed by atoms with Crippen molar-refractivity contribution in [3.8, 4) is 0 Å². The number of hydrogen-bond donors (Lipinski definition) is 0. The molecule has 1 aliphatic rings. The standard InChI is InChI=1S/C17H17BrFN3O3S/c18-15-10-13(3-4-16(15)19)11-17(23)21-6-8-22(9-7-21)26(24,25)14-2-1-5-20-12-14/h1-5,10,12H,6-9,11H2. The van der Waals surface area contributed by atoms with Crippen LogP contribution in [0.4, 0.5) is 4.39 Å². The van der Waals surface area contributed by atoms with Gasteiger partial charge >= 0.3 is 0 Å². The van der Waals surface area contributed by atoms with E-state index >= 15 is 0 Å². The zero-order chi connectivity index (χ0) is 18.7. The Hall–Kier alpha value is -1.84. The summed E-state index contributed by atoms with van der Waals surface area (Å²) in [6.45, 7) is 1.10. The van der Waals surface area contributed by atoms with Crippen molar-refractivity contribution in [3.63, 3.8) is 0 Å². The highest BCUT2D eigenvalue weighted by molar-refractivity contribution is 9.10. The van der Waals surface area contributed by atoms with Crippen LogP contribution in [-0.4, -0.2) is 54.7 Å². The Balaban J connectivity index is 1.61. The number of sulfonamides is 1. The minimum atomic E-state index is -3.60. The van der Waals surface area contributed by atoms with Crippen LogP contribution >= 0.6 is 15.9 Å². The van der Waals surface area contributed by atoms with Gasteiger partial charge in [0.15, 0.2) is 0 Å². The molecule has 1 aromatic carbocycles. The summed E-state index contributed by atoms with van der Waals surface area (Å²) in [6.07, 6.45) is 2.98. The van der Waals surface area contributed by atoms with Gasteiger partial charge < -0.3 is 4.90 Å². The predicted octanol–water partition coefficient (Wildman–Crippen LogP) is 2.06. The first-order valence-electron chi connectivity index (χ1n) is 8.00. The van der Waals surface area contributed by atoms with Crippen LogP contribution in [0.15, 0.2) is 52.1 Å². The Labute approximate surface area is 159 Å². The molecular weight excluding hydrogens is 425 g/mol. The Morgan fingerprint density at radius 1 is 1.19 bits per heavy atom. The van der Waals surface area contributed by atoms with E-state index in [0.29, 0.717) is 23.1 Å². The summed E-state index contributed by atoms with van der Waals surface area (Å²) < 4.78 is 40.1. The molecule has 26 heavy (non-hydrogen) atoms. The largest absolute Gasteiger partial charge is 0.340 e. The molecule has 1 amide bonds. The van der Waals surface area contributed by atoms with Crippen molar-refractivity contribution in [2.24, 2.45) is 0 Å². The summed E-state index contributed by atoms with van der Waals surface area (Å²) in [6, 6.07) is 7.54. The van der Waals surface area contributed by atoms with Gasteiger partial charge in [0, 0.05) is 38.6 Å². The van der Waals surface area contributed by atoms with Crippen molar-refractivity contribution in [1.82, 2.24) is 14.2 Å². The molecule has 6 nitrogen and oxygen atoms in total. The van der Waals surface area contributed by atoms with Crippen LogP contribution in [0.5, 0.6) is 0 Å². The predicted molar refractivity (Wildman–Crippen MR) is 97.4 cm³/mol. The Bertz CT molecular complexity index is 901. The van der Waals surface area contributed by atoms with E-state index in [1.54, 1.807) is 23.1 Å². The lowest BCUT2D eigenvalue weighted by molar-refractivity contribution is -0.131. The highest BCUT2D eigenvalue weighted by Gasteiger charge is 2.30. The molecule has 0 radical (unpaired) electrons. The van der Waals surface area contributed by atoms with Gasteiger partial charge in [-0.15, -0.1) is 0 Å². The van der Waals surface area contributed by atoms with Gasteiger partial charge in [-0.05, 0) is 45.8 Å². The van der Waals surface area contributed by atoms with Gasteiger partial charge in [-0.2, -0.15) is 4.31 Å². The number of pyridine rings is 1. The molecule has 1 aliphatic heterocycles. The van der Waals surface area contributed by atoms with Crippen molar-refractivity contribution in [3.05, 3.63) is 58.6 Å². The fraction of sp³-hybridized carbons (Fsp3) is 0.294. The molecule has 9 heteroatoms. The molecule has 2 aromatic rings. The van der Waals surface area contributed by atoms with Crippen molar-refractivity contribution in [2.75, 3.05) is 26.2 Å². The number of benzene rings is 1. The van der Waals surface area contributed by atoms with Crippen molar-refractivity contribution >= 4 is 31.9 Å². The molecule has 0 saturated carbocycles. The number of halogens is 2. The van der Waals surface area contributed by atoms with Crippen LogP contribution < -0.4 is 0 Å². The third-order valence-corrected chi connectivity index (χ3v) is 6.69. The van der Waals surface area contributed by atoms with Gasteiger partial charge in [0.1, 0.15) is 10.7 Å². The highest BCUT2D eigenvalue weighted by Crippen LogP contribution is 2.19. The topological polar surface area (TPSA) is 70.6 Å². The van der Waals surface area contributed by atoms with Crippen molar-refractivity contribution in [1.29, 1.82) is 0 Å². The number of aromatic nitrogens is 1. The molecule has 0 atom stereocenters. The van der Waals surface area contributed by atoms with E-state index < -0.39 is 10.0 Å². The van der Waals surface area contributed by atoms with E-state index in [1.807, 2.05) is 0 Å². The fourth-order valence-electron chi connectivity index (χ4n) is 2.76. The molecule has 0 bridgehead atoms. The van der Waals surface area contributed by atoms with Crippen LogP contribution in [0, 0.1) is 5.82 Å². The third-order valence-electron chi connectivity index (χ3n) is 4.20. The Morgan fingerprint density at radius 2 is 1.92 bits per heavy atom. The number of hydrogen-bond acceptors (Lipinski definition) is 4. The smallest absolute Gasteiger partial charge is 0.244 e. The van der Waals surface area contributed by atoms with Gasteiger partial charge in [-0.3, -0.25) is 9.78 Å². The van der Waals surface area contributed by atoms with Crippen molar-refractivity contribution in [2.45, 2.75) is 11.3 Å². The van der Waals surface area contributed by atoms with Gasteiger partial charge in [0.25, 0.3) is 0 Å². The molecule has 2 heterocycles. The van der Waals surface area contributed by atoms with Crippen LogP contribution in [-0.2, 0) is 21.2 Å². The first-order chi connectivity index (χ1) is 12.4. The highest BCUT2D eigenvalue weighted by atomic mass is 79.9. The van der Waals surface area contributed by atoms with E-state index in [1.165, 1.54) is 28.8 Å². The first kappa shape index (κ1) is 18.9. The Morgan fingerprint density at radius 3 is 2.54 bits per heavy atom. The summed E-state index contributed by atoms with van der Waals surface area (Å²) in [7, 11) is -3.60. The first-order valence-corrected chi connectivity index (χ1v) is 10.2. The SMILES string of the molecule is O=C(Cc1ccc(F)c(Br)c1)N1CCN(S(=O)(=O)c2cccnc2)CC1. The molecular formula is C17H17BrFN3O3S. The van der Waals surface area contributed by atoms with E-state index in [2.05, 4.69) is 20.9 Å². The minimum absolute atomic E-state index is 0.109. The van der Waals surface area contributed by atoms with E-state index in [-0.39, 0.29) is 36.1 Å². The fourth-order valence-corrected chi connectivity index (χ4v) is 4.58. The summed E-state index contributed by atoms with van der Waals surface area (Å²) in [5.41, 5.74) is 0.702. The molecule has 3 rings (SSSR count). The summed E-state index contributed by atoms with van der Waals surface area (Å²) in [4.78, 5) is 18.1. The molecule has 0 aliphatic carbocycles. The number of rotatable bonds is 4. The van der Waals surface area contributed by atoms with E-state index in [0.717, 1.165) is 0 Å².